The number of benzene rings is 2. The molecular formula is C28H29FO6S. The minimum atomic E-state index is -1.71. The Morgan fingerprint density at radius 2 is 1.86 bits per heavy atom. The van der Waals surface area contributed by atoms with Crippen LogP contribution in [-0.4, -0.2) is 35.9 Å². The van der Waals surface area contributed by atoms with Gasteiger partial charge in [0.2, 0.25) is 0 Å². The Hall–Kier alpha value is -3.07. The lowest BCUT2D eigenvalue weighted by Crippen LogP contribution is -2.47. The zero-order valence-corrected chi connectivity index (χ0v) is 21.3. The van der Waals surface area contributed by atoms with Gasteiger partial charge in [-0.15, -0.1) is 11.3 Å². The third kappa shape index (κ3) is 6.37. The van der Waals surface area contributed by atoms with Crippen LogP contribution in [0, 0.1) is 12.7 Å². The normalized spacial score (nSPS) is 21.7. The van der Waals surface area contributed by atoms with Crippen molar-refractivity contribution < 1.29 is 33.3 Å². The van der Waals surface area contributed by atoms with E-state index in [1.54, 1.807) is 29.5 Å². The summed E-state index contributed by atoms with van der Waals surface area (Å²) < 4.78 is 29.8. The monoisotopic (exact) mass is 512 g/mol. The fourth-order valence-corrected chi connectivity index (χ4v) is 5.45. The highest BCUT2D eigenvalue weighted by Gasteiger charge is 2.43. The summed E-state index contributed by atoms with van der Waals surface area (Å²) in [6.45, 7) is 4.58. The van der Waals surface area contributed by atoms with Crippen molar-refractivity contribution in [3.8, 4) is 10.4 Å². The molecule has 3 atom stereocenters. The Bertz CT molecular complexity index is 1240. The smallest absolute Gasteiger partial charge is 0.302 e. The van der Waals surface area contributed by atoms with Crippen molar-refractivity contribution in [1.29, 1.82) is 0 Å². The van der Waals surface area contributed by atoms with Crippen LogP contribution >= 0.6 is 11.3 Å². The molecule has 190 valence electrons. The Morgan fingerprint density at radius 3 is 2.56 bits per heavy atom. The van der Waals surface area contributed by atoms with Gasteiger partial charge in [-0.3, -0.25) is 9.59 Å². The highest BCUT2D eigenvalue weighted by atomic mass is 32.1. The molecule has 0 spiro atoms. The van der Waals surface area contributed by atoms with Crippen LogP contribution in [0.5, 0.6) is 0 Å². The Kier molecular flexibility index (Phi) is 7.88. The Labute approximate surface area is 213 Å². The molecule has 0 radical (unpaired) electrons. The second-order valence-corrected chi connectivity index (χ2v) is 10.3. The Morgan fingerprint density at radius 1 is 1.11 bits per heavy atom. The molecule has 36 heavy (non-hydrogen) atoms. The second kappa shape index (κ2) is 10.9. The van der Waals surface area contributed by atoms with Crippen LogP contribution in [0.4, 0.5) is 4.39 Å². The number of aryl methyl sites for hydroxylation is 1. The van der Waals surface area contributed by atoms with Gasteiger partial charge in [-0.25, -0.2) is 4.39 Å². The first kappa shape index (κ1) is 26.0. The highest BCUT2D eigenvalue weighted by Crippen LogP contribution is 2.38. The molecule has 1 saturated heterocycles. The number of carbonyl (C=O) groups excluding carboxylic acids is 2. The molecular weight excluding hydrogens is 483 g/mol. The molecule has 4 rings (SSSR count). The van der Waals surface area contributed by atoms with Crippen molar-refractivity contribution in [3.05, 3.63) is 82.0 Å². The van der Waals surface area contributed by atoms with Gasteiger partial charge >= 0.3 is 11.9 Å². The zero-order chi connectivity index (χ0) is 25.9. The predicted octanol–water partition coefficient (Wildman–Crippen LogP) is 5.27. The first-order valence-electron chi connectivity index (χ1n) is 11.8. The average Bonchev–Trinajstić information content (AvgIpc) is 3.27. The number of rotatable bonds is 7. The fraction of sp³-hybridized carbons (Fsp3) is 0.357. The van der Waals surface area contributed by atoms with Crippen molar-refractivity contribution >= 4 is 23.3 Å². The van der Waals surface area contributed by atoms with Crippen LogP contribution in [0.15, 0.2) is 54.6 Å². The number of esters is 2. The molecule has 2 heterocycles. The molecule has 0 amide bonds. The fourth-order valence-electron chi connectivity index (χ4n) is 4.41. The van der Waals surface area contributed by atoms with E-state index in [4.69, 9.17) is 14.2 Å². The van der Waals surface area contributed by atoms with Crippen LogP contribution in [0.2, 0.25) is 0 Å². The number of aliphatic hydroxyl groups is 1. The minimum Gasteiger partial charge on any atom is -0.463 e. The molecule has 1 aliphatic rings. The number of ether oxygens (including phenoxy) is 3. The van der Waals surface area contributed by atoms with Gasteiger partial charge in [0.05, 0.1) is 6.10 Å². The van der Waals surface area contributed by atoms with E-state index in [0.29, 0.717) is 18.4 Å². The zero-order valence-electron chi connectivity index (χ0n) is 20.5. The maximum atomic E-state index is 13.3. The van der Waals surface area contributed by atoms with E-state index in [9.17, 15) is 19.1 Å². The third-order valence-electron chi connectivity index (χ3n) is 6.15. The van der Waals surface area contributed by atoms with Crippen molar-refractivity contribution in [1.82, 2.24) is 0 Å². The number of thiophene rings is 1. The summed E-state index contributed by atoms with van der Waals surface area (Å²) in [4.78, 5) is 25.1. The standard InChI is InChI=1S/C28H29FO6S/c1-17-4-7-22(28(32)15-24(34-19(3)31)14-25(35-28)16-33-18(2)30)12-21(17)13-26-10-11-27(36-26)20-5-8-23(29)9-6-20/h4-12,24-25,32H,13-16H2,1-3H3. The van der Waals surface area contributed by atoms with Gasteiger partial charge in [0, 0.05) is 48.4 Å². The largest absolute Gasteiger partial charge is 0.463 e. The maximum absolute atomic E-state index is 13.3. The van der Waals surface area contributed by atoms with Crippen molar-refractivity contribution in [3.63, 3.8) is 0 Å². The Balaban J connectivity index is 1.57. The van der Waals surface area contributed by atoms with Gasteiger partial charge in [-0.2, -0.15) is 0 Å². The van der Waals surface area contributed by atoms with Gasteiger partial charge in [0.1, 0.15) is 18.5 Å². The van der Waals surface area contributed by atoms with E-state index in [-0.39, 0.29) is 18.8 Å². The summed E-state index contributed by atoms with van der Waals surface area (Å²) in [5.41, 5.74) is 3.58. The van der Waals surface area contributed by atoms with Crippen LogP contribution in [-0.2, 0) is 36.0 Å². The third-order valence-corrected chi connectivity index (χ3v) is 7.29. The topological polar surface area (TPSA) is 82.1 Å². The van der Waals surface area contributed by atoms with E-state index in [1.165, 1.54) is 26.0 Å². The molecule has 0 bridgehead atoms. The maximum Gasteiger partial charge on any atom is 0.302 e. The van der Waals surface area contributed by atoms with Crippen LogP contribution in [0.1, 0.15) is 48.3 Å². The average molecular weight is 513 g/mol. The molecule has 1 aliphatic heterocycles. The van der Waals surface area contributed by atoms with Crippen LogP contribution in [0.25, 0.3) is 10.4 Å². The molecule has 1 N–H and O–H groups in total. The lowest BCUT2D eigenvalue weighted by atomic mass is 9.90. The lowest BCUT2D eigenvalue weighted by molar-refractivity contribution is -0.288. The predicted molar refractivity (Wildman–Crippen MR) is 134 cm³/mol. The van der Waals surface area contributed by atoms with Crippen LogP contribution < -0.4 is 0 Å². The molecule has 6 nitrogen and oxygen atoms in total. The van der Waals surface area contributed by atoms with Crippen molar-refractivity contribution in [2.45, 2.75) is 58.0 Å². The number of carbonyl (C=O) groups is 2. The molecule has 8 heteroatoms. The summed E-state index contributed by atoms with van der Waals surface area (Å²) in [6.07, 6.45) is -0.181. The molecule has 0 saturated carbocycles. The van der Waals surface area contributed by atoms with Gasteiger partial charge in [-0.1, -0.05) is 24.3 Å². The molecule has 1 aromatic heterocycles. The lowest BCUT2D eigenvalue weighted by Gasteiger charge is -2.41. The number of hydrogen-bond donors (Lipinski definition) is 1. The summed E-state index contributed by atoms with van der Waals surface area (Å²) in [7, 11) is 0. The molecule has 2 aromatic carbocycles. The molecule has 3 unspecified atom stereocenters. The van der Waals surface area contributed by atoms with Gasteiger partial charge in [-0.05, 0) is 53.9 Å². The molecule has 1 fully saturated rings. The molecule has 0 aliphatic carbocycles. The quantitative estimate of drug-likeness (QED) is 0.434. The van der Waals surface area contributed by atoms with Crippen molar-refractivity contribution in [2.75, 3.05) is 6.61 Å². The number of hydrogen-bond acceptors (Lipinski definition) is 7. The van der Waals surface area contributed by atoms with E-state index in [1.807, 2.05) is 31.2 Å². The van der Waals surface area contributed by atoms with Crippen LogP contribution in [0.3, 0.4) is 0 Å². The first-order chi connectivity index (χ1) is 17.1. The summed E-state index contributed by atoms with van der Waals surface area (Å²) in [5, 5.41) is 11.5. The van der Waals surface area contributed by atoms with Gasteiger partial charge in [0.15, 0.2) is 5.79 Å². The summed E-state index contributed by atoms with van der Waals surface area (Å²) in [5.74, 6) is -2.88. The summed E-state index contributed by atoms with van der Waals surface area (Å²) >= 11 is 1.63. The molecule has 3 aromatic rings. The van der Waals surface area contributed by atoms with Crippen molar-refractivity contribution in [2.24, 2.45) is 0 Å². The van der Waals surface area contributed by atoms with E-state index < -0.39 is 29.9 Å². The highest BCUT2D eigenvalue weighted by molar-refractivity contribution is 7.15. The van der Waals surface area contributed by atoms with Gasteiger partial charge < -0.3 is 19.3 Å². The summed E-state index contributed by atoms with van der Waals surface area (Å²) in [6, 6.07) is 16.1. The SMILES string of the molecule is CC(=O)OCC1CC(OC(C)=O)CC(O)(c2ccc(C)c(Cc3ccc(-c4ccc(F)cc4)s3)c2)O1. The minimum absolute atomic E-state index is 0.0461. The van der Waals surface area contributed by atoms with E-state index in [0.717, 1.165) is 26.4 Å². The number of halogens is 1. The van der Waals surface area contributed by atoms with Gasteiger partial charge in [0.25, 0.3) is 0 Å². The first-order valence-corrected chi connectivity index (χ1v) is 12.6. The van der Waals surface area contributed by atoms with E-state index >= 15 is 0 Å². The second-order valence-electron chi connectivity index (χ2n) is 9.09. The van der Waals surface area contributed by atoms with E-state index in [2.05, 4.69) is 0 Å².